The molecule has 1 fully saturated rings. The average molecular weight is 324 g/mol. The van der Waals surface area contributed by atoms with Crippen molar-refractivity contribution >= 4 is 27.9 Å². The summed E-state index contributed by atoms with van der Waals surface area (Å²) < 4.78 is 27.9. The van der Waals surface area contributed by atoms with Crippen molar-refractivity contribution in [2.24, 2.45) is 5.92 Å². The van der Waals surface area contributed by atoms with Crippen molar-refractivity contribution in [2.45, 2.75) is 32.2 Å². The lowest BCUT2D eigenvalue weighted by Gasteiger charge is -2.35. The van der Waals surface area contributed by atoms with Crippen LogP contribution < -0.4 is 0 Å². The maximum atomic E-state index is 12.5. The number of rotatable bonds is 7. The first-order chi connectivity index (χ1) is 9.34. The Labute approximate surface area is 125 Å². The smallest absolute Gasteiger partial charge is 0.306 e. The predicted molar refractivity (Wildman–Crippen MR) is 81.1 cm³/mol. The minimum absolute atomic E-state index is 0.0211. The van der Waals surface area contributed by atoms with Crippen LogP contribution in [0.4, 0.5) is 0 Å². The van der Waals surface area contributed by atoms with Crippen molar-refractivity contribution < 1.29 is 18.3 Å². The monoisotopic (exact) mass is 324 g/mol. The summed E-state index contributed by atoms with van der Waals surface area (Å²) in [5, 5.41) is 8.95. The SMILES string of the molecule is CCC(CSC)N(C)S(=O)(=O)N1CCC(C(=O)O)CC1. The fourth-order valence-electron chi connectivity index (χ4n) is 2.38. The van der Waals surface area contributed by atoms with Gasteiger partial charge in [0.25, 0.3) is 10.2 Å². The summed E-state index contributed by atoms with van der Waals surface area (Å²) >= 11 is 1.63. The standard InChI is InChI=1S/C12H24N2O4S2/c1-4-11(9-19-3)13(2)20(17,18)14-7-5-10(6-8-14)12(15)16/h10-11H,4-9H2,1-3H3,(H,15,16). The fourth-order valence-corrected chi connectivity index (χ4v) is 4.95. The molecule has 1 unspecified atom stereocenters. The van der Waals surface area contributed by atoms with E-state index in [0.29, 0.717) is 25.9 Å². The summed E-state index contributed by atoms with van der Waals surface area (Å²) in [6, 6.07) is -0.0211. The molecule has 20 heavy (non-hydrogen) atoms. The lowest BCUT2D eigenvalue weighted by Crippen LogP contribution is -2.50. The van der Waals surface area contributed by atoms with Crippen LogP contribution in [0.1, 0.15) is 26.2 Å². The zero-order chi connectivity index (χ0) is 15.3. The Kier molecular flexibility index (Phi) is 6.77. The second-order valence-electron chi connectivity index (χ2n) is 5.05. The Balaban J connectivity index is 2.72. The average Bonchev–Trinajstić information content (AvgIpc) is 2.44. The Hall–Kier alpha value is -0.310. The topological polar surface area (TPSA) is 77.9 Å². The molecule has 1 saturated heterocycles. The number of aliphatic carboxylic acids is 1. The Morgan fingerprint density at radius 1 is 1.45 bits per heavy atom. The zero-order valence-electron chi connectivity index (χ0n) is 12.3. The minimum Gasteiger partial charge on any atom is -0.481 e. The van der Waals surface area contributed by atoms with Gasteiger partial charge in [0.05, 0.1) is 5.92 Å². The second kappa shape index (κ2) is 7.63. The van der Waals surface area contributed by atoms with E-state index >= 15 is 0 Å². The van der Waals surface area contributed by atoms with Gasteiger partial charge in [-0.15, -0.1) is 0 Å². The van der Waals surface area contributed by atoms with Crippen molar-refractivity contribution in [2.75, 3.05) is 32.1 Å². The van der Waals surface area contributed by atoms with Crippen molar-refractivity contribution in [3.05, 3.63) is 0 Å². The number of piperidine rings is 1. The normalized spacial score (nSPS) is 20.2. The summed E-state index contributed by atoms with van der Waals surface area (Å²) in [5.41, 5.74) is 0. The lowest BCUT2D eigenvalue weighted by atomic mass is 9.99. The van der Waals surface area contributed by atoms with Crippen molar-refractivity contribution in [3.8, 4) is 0 Å². The van der Waals surface area contributed by atoms with Gasteiger partial charge < -0.3 is 5.11 Å². The lowest BCUT2D eigenvalue weighted by molar-refractivity contribution is -0.142. The molecule has 1 atom stereocenters. The highest BCUT2D eigenvalue weighted by molar-refractivity contribution is 7.98. The highest BCUT2D eigenvalue weighted by atomic mass is 32.2. The first-order valence-corrected chi connectivity index (χ1v) is 9.58. The summed E-state index contributed by atoms with van der Waals surface area (Å²) in [6.45, 7) is 2.56. The minimum atomic E-state index is -3.48. The van der Waals surface area contributed by atoms with Crippen LogP contribution in [0.15, 0.2) is 0 Å². The number of carboxylic acid groups (broad SMARTS) is 1. The molecule has 0 spiro atoms. The molecular formula is C12H24N2O4S2. The van der Waals surface area contributed by atoms with Gasteiger partial charge in [-0.25, -0.2) is 0 Å². The third-order valence-corrected chi connectivity index (χ3v) is 6.60. The van der Waals surface area contributed by atoms with Crippen LogP contribution in [-0.4, -0.2) is 66.3 Å². The number of carbonyl (C=O) groups is 1. The molecule has 0 aromatic carbocycles. The van der Waals surface area contributed by atoms with Gasteiger partial charge in [0.15, 0.2) is 0 Å². The van der Waals surface area contributed by atoms with Crippen molar-refractivity contribution in [1.82, 2.24) is 8.61 Å². The molecule has 0 aromatic rings. The molecule has 0 aliphatic carbocycles. The second-order valence-corrected chi connectivity index (χ2v) is 7.95. The molecule has 0 aromatic heterocycles. The first kappa shape index (κ1) is 17.7. The van der Waals surface area contributed by atoms with Gasteiger partial charge in [-0.05, 0) is 25.5 Å². The third-order valence-electron chi connectivity index (χ3n) is 3.84. The zero-order valence-corrected chi connectivity index (χ0v) is 13.9. The molecule has 1 heterocycles. The number of thioether (sulfide) groups is 1. The van der Waals surface area contributed by atoms with E-state index in [1.165, 1.54) is 8.61 Å². The van der Waals surface area contributed by atoms with E-state index in [0.717, 1.165) is 12.2 Å². The van der Waals surface area contributed by atoms with Gasteiger partial charge >= 0.3 is 5.97 Å². The highest BCUT2D eigenvalue weighted by Crippen LogP contribution is 2.23. The van der Waals surface area contributed by atoms with Crippen LogP contribution in [0.2, 0.25) is 0 Å². The van der Waals surface area contributed by atoms with Gasteiger partial charge in [-0.3, -0.25) is 4.79 Å². The van der Waals surface area contributed by atoms with Crippen LogP contribution in [0.25, 0.3) is 0 Å². The molecule has 1 rings (SSSR count). The Morgan fingerprint density at radius 2 is 2.00 bits per heavy atom. The molecule has 0 bridgehead atoms. The molecule has 1 aliphatic heterocycles. The van der Waals surface area contributed by atoms with Gasteiger partial charge in [-0.2, -0.15) is 28.8 Å². The van der Waals surface area contributed by atoms with Crippen LogP contribution in [0.5, 0.6) is 0 Å². The van der Waals surface area contributed by atoms with E-state index in [1.807, 2.05) is 13.2 Å². The van der Waals surface area contributed by atoms with E-state index in [4.69, 9.17) is 5.11 Å². The van der Waals surface area contributed by atoms with Crippen molar-refractivity contribution in [3.63, 3.8) is 0 Å². The molecule has 6 nitrogen and oxygen atoms in total. The summed E-state index contributed by atoms with van der Waals surface area (Å²) in [7, 11) is -1.87. The molecule has 1 N–H and O–H groups in total. The summed E-state index contributed by atoms with van der Waals surface area (Å²) in [5.74, 6) is -0.484. The van der Waals surface area contributed by atoms with E-state index < -0.39 is 22.1 Å². The van der Waals surface area contributed by atoms with Gasteiger partial charge in [0.1, 0.15) is 0 Å². The summed E-state index contributed by atoms with van der Waals surface area (Å²) in [6.07, 6.45) is 3.51. The van der Waals surface area contributed by atoms with E-state index in [2.05, 4.69) is 0 Å². The first-order valence-electron chi connectivity index (χ1n) is 6.79. The van der Waals surface area contributed by atoms with Crippen molar-refractivity contribution in [1.29, 1.82) is 0 Å². The molecule has 118 valence electrons. The summed E-state index contributed by atoms with van der Waals surface area (Å²) in [4.78, 5) is 10.9. The molecule has 8 heteroatoms. The molecular weight excluding hydrogens is 300 g/mol. The highest BCUT2D eigenvalue weighted by Gasteiger charge is 2.35. The van der Waals surface area contributed by atoms with Crippen LogP contribution in [0.3, 0.4) is 0 Å². The molecule has 1 aliphatic rings. The number of nitrogens with zero attached hydrogens (tertiary/aromatic N) is 2. The molecule has 0 saturated carbocycles. The Morgan fingerprint density at radius 3 is 2.40 bits per heavy atom. The number of carboxylic acids is 1. The number of hydrogen-bond donors (Lipinski definition) is 1. The third kappa shape index (κ3) is 4.09. The van der Waals surface area contributed by atoms with Crippen LogP contribution >= 0.6 is 11.8 Å². The van der Waals surface area contributed by atoms with Crippen LogP contribution in [-0.2, 0) is 15.0 Å². The fraction of sp³-hybridized carbons (Fsp3) is 0.917. The van der Waals surface area contributed by atoms with E-state index in [9.17, 15) is 13.2 Å². The Bertz CT molecular complexity index is 419. The van der Waals surface area contributed by atoms with Gasteiger partial charge in [-0.1, -0.05) is 6.92 Å². The van der Waals surface area contributed by atoms with E-state index in [1.54, 1.807) is 18.8 Å². The maximum Gasteiger partial charge on any atom is 0.306 e. The predicted octanol–water partition coefficient (Wildman–Crippen LogP) is 1.10. The molecule has 0 radical (unpaired) electrons. The molecule has 0 amide bonds. The van der Waals surface area contributed by atoms with Gasteiger partial charge in [0.2, 0.25) is 0 Å². The largest absolute Gasteiger partial charge is 0.481 e. The van der Waals surface area contributed by atoms with Gasteiger partial charge in [0, 0.05) is 31.9 Å². The maximum absolute atomic E-state index is 12.5. The quantitative estimate of drug-likeness (QED) is 0.759. The van der Waals surface area contributed by atoms with E-state index in [-0.39, 0.29) is 6.04 Å². The number of hydrogen-bond acceptors (Lipinski definition) is 4. The van der Waals surface area contributed by atoms with Crippen LogP contribution in [0, 0.1) is 5.92 Å².